The minimum Gasteiger partial charge on any atom is -0.370 e. The van der Waals surface area contributed by atoms with Crippen molar-refractivity contribution in [3.63, 3.8) is 0 Å². The van der Waals surface area contributed by atoms with E-state index in [2.05, 4.69) is 21.7 Å². The van der Waals surface area contributed by atoms with Gasteiger partial charge >= 0.3 is 0 Å². The minimum atomic E-state index is 0.314. The Morgan fingerprint density at radius 1 is 1.50 bits per heavy atom. The number of hydrogen-bond acceptors (Lipinski definition) is 4. The number of aliphatic imine (C=N–C) groups is 1. The van der Waals surface area contributed by atoms with Crippen LogP contribution >= 0.6 is 11.8 Å². The molecule has 2 fully saturated rings. The third kappa shape index (κ3) is 1.23. The Balaban J connectivity index is 1.84. The third-order valence-electron chi connectivity index (χ3n) is 3.51. The molecule has 0 radical (unpaired) electrons. The van der Waals surface area contributed by atoms with Crippen LogP contribution in [0.1, 0.15) is 25.7 Å². The van der Waals surface area contributed by atoms with Gasteiger partial charge in [0.05, 0.1) is 12.1 Å². The van der Waals surface area contributed by atoms with Crippen LogP contribution < -0.4 is 5.73 Å². The summed E-state index contributed by atoms with van der Waals surface area (Å²) >= 11 is 2.07. The Morgan fingerprint density at radius 2 is 2.36 bits per heavy atom. The number of nitrogens with zero attached hydrogens (tertiary/aromatic N) is 2. The van der Waals surface area contributed by atoms with Crippen LogP contribution in [-0.2, 0) is 0 Å². The number of thioether (sulfide) groups is 1. The van der Waals surface area contributed by atoms with E-state index >= 15 is 0 Å². The number of guanidine groups is 1. The molecule has 0 bridgehead atoms. The molecular weight excluding hydrogens is 194 g/mol. The molecule has 1 saturated heterocycles. The van der Waals surface area contributed by atoms with Gasteiger partial charge in [0, 0.05) is 11.8 Å². The molecule has 0 amide bonds. The van der Waals surface area contributed by atoms with Crippen molar-refractivity contribution in [2.75, 3.05) is 18.1 Å². The number of nitrogens with two attached hydrogens (primary N) is 1. The molecule has 0 aromatic carbocycles. The van der Waals surface area contributed by atoms with Gasteiger partial charge in [0.1, 0.15) is 0 Å². The van der Waals surface area contributed by atoms with E-state index < -0.39 is 0 Å². The zero-order valence-corrected chi connectivity index (χ0v) is 9.22. The fourth-order valence-corrected chi connectivity index (χ4v) is 3.93. The van der Waals surface area contributed by atoms with Gasteiger partial charge in [0.25, 0.3) is 0 Å². The van der Waals surface area contributed by atoms with Crippen molar-refractivity contribution in [2.45, 2.75) is 37.3 Å². The Bertz CT molecular complexity index is 267. The highest BCUT2D eigenvalue weighted by Gasteiger charge is 2.49. The molecule has 0 aromatic heterocycles. The second kappa shape index (κ2) is 3.05. The van der Waals surface area contributed by atoms with Gasteiger partial charge < -0.3 is 10.6 Å². The Labute approximate surface area is 89.1 Å². The van der Waals surface area contributed by atoms with E-state index in [0.717, 1.165) is 18.5 Å². The highest BCUT2D eigenvalue weighted by molar-refractivity contribution is 7.99. The lowest BCUT2D eigenvalue weighted by molar-refractivity contribution is 0.200. The van der Waals surface area contributed by atoms with E-state index in [1.165, 1.54) is 37.2 Å². The average molecular weight is 211 g/mol. The highest BCUT2D eigenvalue weighted by Crippen LogP contribution is 2.42. The summed E-state index contributed by atoms with van der Waals surface area (Å²) in [6, 6.07) is 0.722. The molecule has 1 unspecified atom stereocenters. The van der Waals surface area contributed by atoms with Crippen LogP contribution in [0.5, 0.6) is 0 Å². The van der Waals surface area contributed by atoms with Crippen LogP contribution in [0.2, 0.25) is 0 Å². The van der Waals surface area contributed by atoms with Gasteiger partial charge in [-0.2, -0.15) is 11.8 Å². The van der Waals surface area contributed by atoms with Crippen molar-refractivity contribution in [1.82, 2.24) is 4.90 Å². The molecule has 1 atom stereocenters. The lowest BCUT2D eigenvalue weighted by atomic mass is 9.94. The number of hydrogen-bond donors (Lipinski definition) is 1. The lowest BCUT2D eigenvalue weighted by Gasteiger charge is -2.42. The van der Waals surface area contributed by atoms with Crippen LogP contribution in [0.4, 0.5) is 0 Å². The van der Waals surface area contributed by atoms with Gasteiger partial charge in [-0.25, -0.2) is 0 Å². The van der Waals surface area contributed by atoms with E-state index in [9.17, 15) is 0 Å². The van der Waals surface area contributed by atoms with Crippen LogP contribution in [0.25, 0.3) is 0 Å². The molecule has 1 saturated carbocycles. The quantitative estimate of drug-likeness (QED) is 0.705. The molecule has 1 aliphatic carbocycles. The Kier molecular flexibility index (Phi) is 1.94. The second-order valence-electron chi connectivity index (χ2n) is 4.66. The van der Waals surface area contributed by atoms with Crippen LogP contribution in [0.15, 0.2) is 4.99 Å². The largest absolute Gasteiger partial charge is 0.370 e. The summed E-state index contributed by atoms with van der Waals surface area (Å²) in [5.74, 6) is 3.36. The fourth-order valence-electron chi connectivity index (χ4n) is 2.68. The second-order valence-corrected chi connectivity index (χ2v) is 5.76. The van der Waals surface area contributed by atoms with Crippen molar-refractivity contribution in [3.8, 4) is 0 Å². The molecule has 4 heteroatoms. The molecule has 3 rings (SSSR count). The summed E-state index contributed by atoms with van der Waals surface area (Å²) < 4.78 is 0. The van der Waals surface area contributed by atoms with E-state index in [1.807, 2.05) is 0 Å². The van der Waals surface area contributed by atoms with Crippen LogP contribution in [0.3, 0.4) is 0 Å². The molecule has 14 heavy (non-hydrogen) atoms. The topological polar surface area (TPSA) is 41.6 Å². The molecule has 2 heterocycles. The SMILES string of the molecule is NC1=NCC2(CCCSC2)N1C1CC1. The molecule has 0 aromatic rings. The smallest absolute Gasteiger partial charge is 0.192 e. The monoisotopic (exact) mass is 211 g/mol. The first-order valence-electron chi connectivity index (χ1n) is 5.49. The van der Waals surface area contributed by atoms with Crippen LogP contribution in [-0.4, -0.2) is 40.5 Å². The highest BCUT2D eigenvalue weighted by atomic mass is 32.2. The van der Waals surface area contributed by atoms with E-state index in [-0.39, 0.29) is 0 Å². The predicted molar refractivity (Wildman–Crippen MR) is 60.6 cm³/mol. The van der Waals surface area contributed by atoms with Crippen molar-refractivity contribution >= 4 is 17.7 Å². The first kappa shape index (κ1) is 8.89. The van der Waals surface area contributed by atoms with Gasteiger partial charge in [0.15, 0.2) is 5.96 Å². The van der Waals surface area contributed by atoms with Gasteiger partial charge in [-0.05, 0) is 31.4 Å². The predicted octanol–water partition coefficient (Wildman–Crippen LogP) is 1.04. The lowest BCUT2D eigenvalue weighted by Crippen LogP contribution is -2.55. The summed E-state index contributed by atoms with van der Waals surface area (Å²) in [5, 5.41) is 0. The summed E-state index contributed by atoms with van der Waals surface area (Å²) in [6.45, 7) is 0.947. The van der Waals surface area contributed by atoms with Crippen molar-refractivity contribution in [3.05, 3.63) is 0 Å². The minimum absolute atomic E-state index is 0.314. The fraction of sp³-hybridized carbons (Fsp3) is 0.900. The van der Waals surface area contributed by atoms with Gasteiger partial charge in [0.2, 0.25) is 0 Å². The maximum Gasteiger partial charge on any atom is 0.192 e. The zero-order chi connectivity index (χ0) is 9.60. The summed E-state index contributed by atoms with van der Waals surface area (Å²) in [5.41, 5.74) is 6.31. The molecule has 2 N–H and O–H groups in total. The molecule has 1 spiro atoms. The molecule has 3 nitrogen and oxygen atoms in total. The van der Waals surface area contributed by atoms with Crippen LogP contribution in [0, 0.1) is 0 Å². The van der Waals surface area contributed by atoms with Gasteiger partial charge in [-0.1, -0.05) is 0 Å². The molecule has 2 aliphatic heterocycles. The molecule has 3 aliphatic rings. The number of rotatable bonds is 1. The average Bonchev–Trinajstić information content (AvgIpc) is 2.97. The van der Waals surface area contributed by atoms with E-state index in [4.69, 9.17) is 5.73 Å². The van der Waals surface area contributed by atoms with Gasteiger partial charge in [-0.15, -0.1) is 0 Å². The van der Waals surface area contributed by atoms with Crippen molar-refractivity contribution < 1.29 is 0 Å². The maximum atomic E-state index is 5.99. The zero-order valence-electron chi connectivity index (χ0n) is 8.41. The van der Waals surface area contributed by atoms with Crippen molar-refractivity contribution in [2.24, 2.45) is 10.7 Å². The maximum absolute atomic E-state index is 5.99. The van der Waals surface area contributed by atoms with E-state index in [0.29, 0.717) is 5.54 Å². The summed E-state index contributed by atoms with van der Waals surface area (Å²) in [7, 11) is 0. The van der Waals surface area contributed by atoms with Gasteiger partial charge in [-0.3, -0.25) is 4.99 Å². The van der Waals surface area contributed by atoms with E-state index in [1.54, 1.807) is 0 Å². The first-order valence-corrected chi connectivity index (χ1v) is 6.64. The summed E-state index contributed by atoms with van der Waals surface area (Å²) in [4.78, 5) is 6.91. The third-order valence-corrected chi connectivity index (χ3v) is 4.83. The Hall–Kier alpha value is -0.380. The summed E-state index contributed by atoms with van der Waals surface area (Å²) in [6.07, 6.45) is 5.27. The molecular formula is C10H17N3S. The standard InChI is InChI=1S/C10H17N3S/c11-9-12-6-10(4-1-5-14-7-10)13(9)8-2-3-8/h8H,1-7H2,(H2,11,12). The van der Waals surface area contributed by atoms with Crippen molar-refractivity contribution in [1.29, 1.82) is 0 Å². The first-order chi connectivity index (χ1) is 6.82. The Morgan fingerprint density at radius 3 is 3.00 bits per heavy atom. The normalized spacial score (nSPS) is 37.7. The molecule has 78 valence electrons.